The number of rotatable bonds is 4. The highest BCUT2D eigenvalue weighted by Crippen LogP contribution is 2.21. The molecule has 3 rings (SSSR count). The van der Waals surface area contributed by atoms with E-state index in [4.69, 9.17) is 9.15 Å². The molecule has 1 saturated heterocycles. The van der Waals surface area contributed by atoms with Gasteiger partial charge in [0.15, 0.2) is 12.3 Å². The van der Waals surface area contributed by atoms with E-state index >= 15 is 0 Å². The van der Waals surface area contributed by atoms with Crippen LogP contribution in [-0.2, 0) is 9.53 Å². The summed E-state index contributed by atoms with van der Waals surface area (Å²) in [5.74, 6) is -0.0528. The Labute approximate surface area is 140 Å². The molecule has 1 fully saturated rings. The highest BCUT2D eigenvalue weighted by molar-refractivity contribution is 5.90. The lowest BCUT2D eigenvalue weighted by Crippen LogP contribution is -2.38. The van der Waals surface area contributed by atoms with Gasteiger partial charge in [0, 0.05) is 18.7 Å². The van der Waals surface area contributed by atoms with Crippen LogP contribution in [0, 0.1) is 6.92 Å². The molecule has 1 amide bonds. The Kier molecular flexibility index (Phi) is 4.93. The van der Waals surface area contributed by atoms with Crippen molar-refractivity contribution >= 4 is 11.9 Å². The standard InChI is InChI=1S/C18H20N2O4/c1-13-16(19-17(24-13)14-8-4-2-5-9-14)18(22)23-12-15(21)20-10-6-3-7-11-20/h2,4-5,8-9H,3,6-7,10-12H2,1H3. The summed E-state index contributed by atoms with van der Waals surface area (Å²) in [6.45, 7) is 2.86. The Morgan fingerprint density at radius 2 is 1.88 bits per heavy atom. The number of likely N-dealkylation sites (tertiary alicyclic amines) is 1. The van der Waals surface area contributed by atoms with Crippen LogP contribution in [0.1, 0.15) is 35.5 Å². The molecule has 0 radical (unpaired) electrons. The number of amides is 1. The molecule has 1 aromatic carbocycles. The summed E-state index contributed by atoms with van der Waals surface area (Å²) in [6.07, 6.45) is 3.15. The molecular formula is C18H20N2O4. The number of esters is 1. The number of hydrogen-bond acceptors (Lipinski definition) is 5. The smallest absolute Gasteiger partial charge is 0.361 e. The third-order valence-corrected chi connectivity index (χ3v) is 4.05. The molecule has 0 unspecified atom stereocenters. The van der Waals surface area contributed by atoms with E-state index in [0.29, 0.717) is 11.7 Å². The van der Waals surface area contributed by atoms with E-state index in [1.807, 2.05) is 30.3 Å². The second-order valence-corrected chi connectivity index (χ2v) is 5.81. The van der Waals surface area contributed by atoms with Gasteiger partial charge in [0.25, 0.3) is 5.91 Å². The van der Waals surface area contributed by atoms with Gasteiger partial charge in [-0.15, -0.1) is 0 Å². The van der Waals surface area contributed by atoms with Crippen LogP contribution in [0.3, 0.4) is 0 Å². The number of benzene rings is 1. The van der Waals surface area contributed by atoms with Gasteiger partial charge in [-0.25, -0.2) is 9.78 Å². The highest BCUT2D eigenvalue weighted by Gasteiger charge is 2.22. The molecule has 0 bridgehead atoms. The largest absolute Gasteiger partial charge is 0.451 e. The van der Waals surface area contributed by atoms with Gasteiger partial charge in [-0.1, -0.05) is 18.2 Å². The van der Waals surface area contributed by atoms with Crippen LogP contribution in [0.25, 0.3) is 11.5 Å². The van der Waals surface area contributed by atoms with Crippen molar-refractivity contribution in [2.24, 2.45) is 0 Å². The lowest BCUT2D eigenvalue weighted by atomic mass is 10.1. The van der Waals surface area contributed by atoms with Crippen LogP contribution in [0.15, 0.2) is 34.7 Å². The van der Waals surface area contributed by atoms with Crippen molar-refractivity contribution in [1.29, 1.82) is 0 Å². The number of piperidine rings is 1. The topological polar surface area (TPSA) is 72.6 Å². The summed E-state index contributed by atoms with van der Waals surface area (Å²) in [5, 5.41) is 0. The normalized spacial score (nSPS) is 14.5. The fourth-order valence-electron chi connectivity index (χ4n) is 2.72. The summed E-state index contributed by atoms with van der Waals surface area (Å²) in [4.78, 5) is 30.2. The van der Waals surface area contributed by atoms with Crippen molar-refractivity contribution in [2.45, 2.75) is 26.2 Å². The maximum Gasteiger partial charge on any atom is 0.361 e. The fraction of sp³-hybridized carbons (Fsp3) is 0.389. The molecule has 0 saturated carbocycles. The summed E-state index contributed by atoms with van der Waals surface area (Å²) < 4.78 is 10.7. The van der Waals surface area contributed by atoms with E-state index in [1.54, 1.807) is 11.8 Å². The SMILES string of the molecule is Cc1oc(-c2ccccc2)nc1C(=O)OCC(=O)N1CCCCC1. The first-order valence-corrected chi connectivity index (χ1v) is 8.13. The fourth-order valence-corrected chi connectivity index (χ4v) is 2.72. The minimum atomic E-state index is -0.635. The van der Waals surface area contributed by atoms with Gasteiger partial charge in [0.05, 0.1) is 0 Å². The second kappa shape index (κ2) is 7.29. The molecule has 0 atom stereocenters. The van der Waals surface area contributed by atoms with Gasteiger partial charge < -0.3 is 14.1 Å². The minimum absolute atomic E-state index is 0.111. The molecule has 2 aromatic rings. The number of aromatic nitrogens is 1. The van der Waals surface area contributed by atoms with Crippen LogP contribution in [0.2, 0.25) is 0 Å². The van der Waals surface area contributed by atoms with Crippen molar-refractivity contribution in [3.8, 4) is 11.5 Å². The van der Waals surface area contributed by atoms with E-state index in [-0.39, 0.29) is 18.2 Å². The van der Waals surface area contributed by atoms with Crippen molar-refractivity contribution in [2.75, 3.05) is 19.7 Å². The molecule has 24 heavy (non-hydrogen) atoms. The third-order valence-electron chi connectivity index (χ3n) is 4.05. The van der Waals surface area contributed by atoms with Crippen LogP contribution in [0.5, 0.6) is 0 Å². The predicted molar refractivity (Wildman–Crippen MR) is 87.4 cm³/mol. The zero-order chi connectivity index (χ0) is 16.9. The molecule has 1 aliphatic heterocycles. The lowest BCUT2D eigenvalue weighted by molar-refractivity contribution is -0.135. The Bertz CT molecular complexity index is 718. The number of carbonyl (C=O) groups excluding carboxylic acids is 2. The van der Waals surface area contributed by atoms with E-state index in [1.165, 1.54) is 0 Å². The zero-order valence-electron chi connectivity index (χ0n) is 13.7. The zero-order valence-corrected chi connectivity index (χ0v) is 13.7. The number of hydrogen-bond donors (Lipinski definition) is 0. The Morgan fingerprint density at radius 3 is 2.58 bits per heavy atom. The van der Waals surface area contributed by atoms with Crippen LogP contribution < -0.4 is 0 Å². The van der Waals surface area contributed by atoms with E-state index < -0.39 is 5.97 Å². The van der Waals surface area contributed by atoms with Crippen molar-refractivity contribution in [1.82, 2.24) is 9.88 Å². The Balaban J connectivity index is 1.63. The lowest BCUT2D eigenvalue weighted by Gasteiger charge is -2.26. The Hall–Kier alpha value is -2.63. The second-order valence-electron chi connectivity index (χ2n) is 5.81. The van der Waals surface area contributed by atoms with Gasteiger partial charge in [-0.2, -0.15) is 0 Å². The van der Waals surface area contributed by atoms with Crippen LogP contribution in [0.4, 0.5) is 0 Å². The maximum atomic E-state index is 12.2. The summed E-state index contributed by atoms with van der Waals surface area (Å²) in [6, 6.07) is 9.31. The summed E-state index contributed by atoms with van der Waals surface area (Å²) in [5.41, 5.74) is 0.893. The molecule has 0 N–H and O–H groups in total. The van der Waals surface area contributed by atoms with E-state index in [9.17, 15) is 9.59 Å². The summed E-state index contributed by atoms with van der Waals surface area (Å²) >= 11 is 0. The van der Waals surface area contributed by atoms with Gasteiger partial charge in [0.1, 0.15) is 5.76 Å². The molecule has 126 valence electrons. The summed E-state index contributed by atoms with van der Waals surface area (Å²) in [7, 11) is 0. The maximum absolute atomic E-state index is 12.2. The number of nitrogens with zero attached hydrogens (tertiary/aromatic N) is 2. The number of carbonyl (C=O) groups is 2. The number of aryl methyl sites for hydroxylation is 1. The van der Waals surface area contributed by atoms with Crippen molar-refractivity contribution < 1.29 is 18.7 Å². The average molecular weight is 328 g/mol. The molecule has 6 heteroatoms. The van der Waals surface area contributed by atoms with Crippen LogP contribution in [-0.4, -0.2) is 41.5 Å². The predicted octanol–water partition coefficient (Wildman–Crippen LogP) is 2.82. The molecular weight excluding hydrogens is 308 g/mol. The van der Waals surface area contributed by atoms with Crippen LogP contribution >= 0.6 is 0 Å². The number of ether oxygens (including phenoxy) is 1. The van der Waals surface area contributed by atoms with E-state index in [2.05, 4.69) is 4.98 Å². The average Bonchev–Trinajstić information content (AvgIpc) is 3.03. The first-order valence-electron chi connectivity index (χ1n) is 8.13. The quantitative estimate of drug-likeness (QED) is 0.807. The van der Waals surface area contributed by atoms with Crippen molar-refractivity contribution in [3.05, 3.63) is 41.8 Å². The molecule has 0 spiro atoms. The van der Waals surface area contributed by atoms with Gasteiger partial charge in [0.2, 0.25) is 5.89 Å². The Morgan fingerprint density at radius 1 is 1.17 bits per heavy atom. The molecule has 2 heterocycles. The molecule has 1 aromatic heterocycles. The first-order chi connectivity index (χ1) is 11.6. The number of oxazole rings is 1. The van der Waals surface area contributed by atoms with Gasteiger partial charge in [-0.05, 0) is 38.3 Å². The van der Waals surface area contributed by atoms with E-state index in [0.717, 1.165) is 37.9 Å². The minimum Gasteiger partial charge on any atom is -0.451 e. The molecule has 6 nitrogen and oxygen atoms in total. The third kappa shape index (κ3) is 3.64. The molecule has 0 aliphatic carbocycles. The van der Waals surface area contributed by atoms with Gasteiger partial charge in [-0.3, -0.25) is 4.79 Å². The van der Waals surface area contributed by atoms with Gasteiger partial charge >= 0.3 is 5.97 Å². The monoisotopic (exact) mass is 328 g/mol. The van der Waals surface area contributed by atoms with Crippen molar-refractivity contribution in [3.63, 3.8) is 0 Å². The highest BCUT2D eigenvalue weighted by atomic mass is 16.5. The first kappa shape index (κ1) is 16.2. The molecule has 1 aliphatic rings.